The predicted molar refractivity (Wildman–Crippen MR) is 120 cm³/mol. The molecule has 0 fully saturated rings. The van der Waals surface area contributed by atoms with Crippen LogP contribution in [0.15, 0.2) is 78.2 Å². The first-order valence-electron chi connectivity index (χ1n) is 10.0. The third-order valence-electron chi connectivity index (χ3n) is 6.01. The van der Waals surface area contributed by atoms with Crippen molar-refractivity contribution >= 4 is 23.3 Å². The number of nitrogens with zero attached hydrogens (tertiary/aromatic N) is 1. The molecule has 2 unspecified atom stereocenters. The van der Waals surface area contributed by atoms with E-state index in [9.17, 15) is 9.59 Å². The monoisotopic (exact) mass is 433 g/mol. The predicted octanol–water partition coefficient (Wildman–Crippen LogP) is 4.84. The lowest BCUT2D eigenvalue weighted by Crippen LogP contribution is -2.44. The third kappa shape index (κ3) is 3.92. The second-order valence-electron chi connectivity index (χ2n) is 7.76. The van der Waals surface area contributed by atoms with Gasteiger partial charge in [0.05, 0.1) is 5.54 Å². The van der Waals surface area contributed by atoms with Crippen molar-refractivity contribution in [3.8, 4) is 0 Å². The SMILES string of the molecule is CC12c3ccccc3C(Cc3sccc31)N2Cc1ccccc1.O=C(O)/C=C/C(=O)O. The van der Waals surface area contributed by atoms with Crippen molar-refractivity contribution in [2.24, 2.45) is 0 Å². The van der Waals surface area contributed by atoms with Gasteiger partial charge >= 0.3 is 11.9 Å². The van der Waals surface area contributed by atoms with Crippen molar-refractivity contribution in [1.82, 2.24) is 4.90 Å². The molecule has 1 aromatic heterocycles. The molecule has 2 aromatic carbocycles. The molecule has 2 atom stereocenters. The Hall–Kier alpha value is -3.22. The van der Waals surface area contributed by atoms with Gasteiger partial charge in [0, 0.05) is 36.0 Å². The van der Waals surface area contributed by atoms with Crippen LogP contribution in [0.25, 0.3) is 0 Å². The van der Waals surface area contributed by atoms with Gasteiger partial charge in [-0.2, -0.15) is 0 Å². The van der Waals surface area contributed by atoms with Gasteiger partial charge in [-0.1, -0.05) is 54.6 Å². The van der Waals surface area contributed by atoms with Gasteiger partial charge in [0.2, 0.25) is 0 Å². The van der Waals surface area contributed by atoms with E-state index in [1.165, 1.54) is 22.3 Å². The Morgan fingerprint density at radius 3 is 2.32 bits per heavy atom. The van der Waals surface area contributed by atoms with Crippen LogP contribution in [0.1, 0.15) is 40.1 Å². The Balaban J connectivity index is 0.000000250. The zero-order valence-electron chi connectivity index (χ0n) is 17.1. The number of hydrogen-bond acceptors (Lipinski definition) is 4. The third-order valence-corrected chi connectivity index (χ3v) is 6.95. The Bertz CT molecular complexity index is 1120. The first-order valence-corrected chi connectivity index (χ1v) is 10.9. The molecule has 158 valence electrons. The summed E-state index contributed by atoms with van der Waals surface area (Å²) in [5.41, 5.74) is 5.94. The van der Waals surface area contributed by atoms with Crippen LogP contribution >= 0.6 is 11.3 Å². The molecule has 0 radical (unpaired) electrons. The zero-order valence-corrected chi connectivity index (χ0v) is 17.9. The van der Waals surface area contributed by atoms with Crippen LogP contribution in [-0.2, 0) is 28.1 Å². The largest absolute Gasteiger partial charge is 0.478 e. The summed E-state index contributed by atoms with van der Waals surface area (Å²) >= 11 is 1.92. The van der Waals surface area contributed by atoms with Crippen molar-refractivity contribution in [2.75, 3.05) is 0 Å². The van der Waals surface area contributed by atoms with Crippen LogP contribution in [0.5, 0.6) is 0 Å². The molecule has 3 heterocycles. The summed E-state index contributed by atoms with van der Waals surface area (Å²) in [5.74, 6) is -2.51. The quantitative estimate of drug-likeness (QED) is 0.576. The van der Waals surface area contributed by atoms with Gasteiger partial charge < -0.3 is 10.2 Å². The summed E-state index contributed by atoms with van der Waals surface area (Å²) in [6.45, 7) is 3.42. The van der Waals surface area contributed by atoms with E-state index >= 15 is 0 Å². The molecular weight excluding hydrogens is 410 g/mol. The van der Waals surface area contributed by atoms with E-state index in [4.69, 9.17) is 10.2 Å². The second-order valence-corrected chi connectivity index (χ2v) is 8.76. The second kappa shape index (κ2) is 8.49. The number of aliphatic carboxylic acids is 2. The summed E-state index contributed by atoms with van der Waals surface area (Å²) < 4.78 is 0. The maximum absolute atomic E-state index is 9.55. The number of thiophene rings is 1. The Labute approximate surface area is 184 Å². The highest BCUT2D eigenvalue weighted by molar-refractivity contribution is 7.10. The Morgan fingerprint density at radius 2 is 1.65 bits per heavy atom. The highest BCUT2D eigenvalue weighted by Crippen LogP contribution is 2.56. The van der Waals surface area contributed by atoms with Crippen LogP contribution in [0, 0.1) is 0 Å². The molecule has 6 heteroatoms. The first-order chi connectivity index (χ1) is 14.9. The fourth-order valence-corrected chi connectivity index (χ4v) is 5.70. The number of rotatable bonds is 4. The number of hydrogen-bond donors (Lipinski definition) is 2. The number of benzene rings is 2. The van der Waals surface area contributed by atoms with Crippen molar-refractivity contribution < 1.29 is 19.8 Å². The lowest BCUT2D eigenvalue weighted by atomic mass is 9.84. The molecule has 0 aliphatic carbocycles. The first kappa shape index (κ1) is 21.0. The van der Waals surface area contributed by atoms with E-state index in [2.05, 4.69) is 77.9 Å². The minimum atomic E-state index is -1.26. The molecule has 5 nitrogen and oxygen atoms in total. The molecule has 3 aromatic rings. The molecule has 31 heavy (non-hydrogen) atoms. The zero-order chi connectivity index (χ0) is 22.0. The van der Waals surface area contributed by atoms with Gasteiger partial charge in [0.25, 0.3) is 0 Å². The van der Waals surface area contributed by atoms with Gasteiger partial charge in [-0.15, -0.1) is 11.3 Å². The highest BCUT2D eigenvalue weighted by Gasteiger charge is 2.52. The van der Waals surface area contributed by atoms with Crippen LogP contribution in [0.3, 0.4) is 0 Å². The molecule has 0 spiro atoms. The fourth-order valence-electron chi connectivity index (χ4n) is 4.68. The summed E-state index contributed by atoms with van der Waals surface area (Å²) in [6, 6.07) is 22.8. The van der Waals surface area contributed by atoms with Gasteiger partial charge in [-0.3, -0.25) is 4.90 Å². The van der Waals surface area contributed by atoms with E-state index in [1.54, 1.807) is 4.88 Å². The summed E-state index contributed by atoms with van der Waals surface area (Å²) in [5, 5.41) is 17.9. The topological polar surface area (TPSA) is 77.8 Å². The number of fused-ring (bicyclic) bond motifs is 7. The fraction of sp³-hybridized carbons (Fsp3) is 0.200. The summed E-state index contributed by atoms with van der Waals surface area (Å²) in [4.78, 5) is 23.4. The minimum absolute atomic E-state index is 0.00465. The lowest BCUT2D eigenvalue weighted by Gasteiger charge is -2.43. The maximum atomic E-state index is 9.55. The van der Waals surface area contributed by atoms with Crippen molar-refractivity contribution in [3.63, 3.8) is 0 Å². The molecular formula is C25H23NO4S. The summed E-state index contributed by atoms with van der Waals surface area (Å²) in [6.07, 6.45) is 2.26. The van der Waals surface area contributed by atoms with Crippen LogP contribution in [0.4, 0.5) is 0 Å². The molecule has 5 rings (SSSR count). The van der Waals surface area contributed by atoms with Crippen LogP contribution in [0.2, 0.25) is 0 Å². The van der Waals surface area contributed by atoms with Crippen molar-refractivity contribution in [2.45, 2.75) is 31.5 Å². The van der Waals surface area contributed by atoms with E-state index in [1.807, 2.05) is 11.3 Å². The molecule has 2 aliphatic heterocycles. The van der Waals surface area contributed by atoms with Gasteiger partial charge in [0.15, 0.2) is 0 Å². The highest BCUT2D eigenvalue weighted by atomic mass is 32.1. The normalized spacial score (nSPS) is 21.1. The van der Waals surface area contributed by atoms with Crippen LogP contribution < -0.4 is 0 Å². The van der Waals surface area contributed by atoms with E-state index in [0.717, 1.165) is 13.0 Å². The van der Waals surface area contributed by atoms with E-state index < -0.39 is 11.9 Å². The van der Waals surface area contributed by atoms with Gasteiger partial charge in [0.1, 0.15) is 0 Å². The Kier molecular flexibility index (Phi) is 5.76. The van der Waals surface area contributed by atoms with Crippen molar-refractivity contribution in [1.29, 1.82) is 0 Å². The van der Waals surface area contributed by atoms with Gasteiger partial charge in [-0.25, -0.2) is 9.59 Å². The van der Waals surface area contributed by atoms with E-state index in [0.29, 0.717) is 18.2 Å². The molecule has 0 amide bonds. The number of carboxylic acid groups (broad SMARTS) is 2. The molecule has 2 aliphatic rings. The minimum Gasteiger partial charge on any atom is -0.478 e. The molecule has 2 N–H and O–H groups in total. The number of carbonyl (C=O) groups is 2. The average Bonchev–Trinajstić information content (AvgIpc) is 3.30. The molecule has 2 bridgehead atoms. The van der Waals surface area contributed by atoms with Crippen molar-refractivity contribution in [3.05, 3.63) is 105 Å². The van der Waals surface area contributed by atoms with Gasteiger partial charge in [-0.05, 0) is 40.6 Å². The molecule has 0 saturated heterocycles. The molecule has 0 saturated carbocycles. The standard InChI is InChI=1S/C21H19NS.C4H4O4/c1-21-17-10-6-5-9-16(17)19(13-20-18(21)11-12-23-20)22(21)14-15-7-3-2-4-8-15;5-3(6)1-2-4(7)8/h2-12,19H,13-14H2,1H3;1-2H,(H,5,6)(H,7,8)/b;2-1+. The number of carboxylic acids is 2. The summed E-state index contributed by atoms with van der Waals surface area (Å²) in [7, 11) is 0. The average molecular weight is 434 g/mol. The Morgan fingerprint density at radius 1 is 1.00 bits per heavy atom. The maximum Gasteiger partial charge on any atom is 0.328 e. The van der Waals surface area contributed by atoms with Crippen LogP contribution in [-0.4, -0.2) is 27.1 Å². The van der Waals surface area contributed by atoms with E-state index in [-0.39, 0.29) is 5.54 Å². The smallest absolute Gasteiger partial charge is 0.328 e. The lowest BCUT2D eigenvalue weighted by molar-refractivity contribution is -0.134.